The lowest BCUT2D eigenvalue weighted by Crippen LogP contribution is -2.47. The van der Waals surface area contributed by atoms with Crippen molar-refractivity contribution in [1.82, 2.24) is 10.2 Å². The second kappa shape index (κ2) is 8.77. The van der Waals surface area contributed by atoms with Crippen LogP contribution < -0.4 is 5.32 Å². The normalized spacial score (nSPS) is 11.9. The van der Waals surface area contributed by atoms with Crippen LogP contribution in [-0.4, -0.2) is 64.6 Å². The molecule has 1 unspecified atom stereocenters. The van der Waals surface area contributed by atoms with Gasteiger partial charge in [0.05, 0.1) is 19.6 Å². The highest BCUT2D eigenvalue weighted by atomic mass is 16.4. The number of hydrogen-bond donors (Lipinski definition) is 4. The highest BCUT2D eigenvalue weighted by Crippen LogP contribution is 1.99. The molecule has 0 heterocycles. The molecule has 0 aromatic rings. The Morgan fingerprint density at radius 1 is 1.24 bits per heavy atom. The molecule has 0 bridgehead atoms. The number of aliphatic carboxylic acids is 1. The van der Waals surface area contributed by atoms with Gasteiger partial charge in [-0.05, 0) is 6.42 Å². The molecule has 0 saturated carbocycles. The second-order valence-corrected chi connectivity index (χ2v) is 3.59. The number of rotatable bonds is 8. The second-order valence-electron chi connectivity index (χ2n) is 3.59. The molecular formula is C10H20N2O5. The largest absolute Gasteiger partial charge is 0.481 e. The minimum absolute atomic E-state index is 0.107. The molecule has 0 aliphatic rings. The molecule has 4 N–H and O–H groups in total. The molecule has 0 aliphatic carbocycles. The van der Waals surface area contributed by atoms with E-state index in [1.165, 1.54) is 4.90 Å². The highest BCUT2D eigenvalue weighted by molar-refractivity contribution is 5.75. The number of nitrogens with zero attached hydrogens (tertiary/aromatic N) is 1. The predicted octanol–water partition coefficient (Wildman–Crippen LogP) is -0.764. The van der Waals surface area contributed by atoms with Gasteiger partial charge in [0, 0.05) is 19.1 Å². The van der Waals surface area contributed by atoms with Gasteiger partial charge in [0.15, 0.2) is 0 Å². The van der Waals surface area contributed by atoms with E-state index < -0.39 is 18.0 Å². The summed E-state index contributed by atoms with van der Waals surface area (Å²) in [6.07, 6.45) is 0.360. The summed E-state index contributed by atoms with van der Waals surface area (Å²) in [6, 6.07) is -0.916. The molecule has 0 saturated heterocycles. The van der Waals surface area contributed by atoms with Gasteiger partial charge in [0.25, 0.3) is 0 Å². The zero-order valence-electron chi connectivity index (χ0n) is 9.93. The summed E-state index contributed by atoms with van der Waals surface area (Å²) in [5, 5.41) is 28.7. The Labute approximate surface area is 100 Å². The van der Waals surface area contributed by atoms with Crippen LogP contribution in [-0.2, 0) is 4.79 Å². The van der Waals surface area contributed by atoms with Gasteiger partial charge in [-0.2, -0.15) is 0 Å². The van der Waals surface area contributed by atoms with Crippen LogP contribution >= 0.6 is 0 Å². The van der Waals surface area contributed by atoms with E-state index in [0.29, 0.717) is 6.42 Å². The van der Waals surface area contributed by atoms with Crippen LogP contribution in [0.5, 0.6) is 0 Å². The number of carbonyl (C=O) groups is 2. The van der Waals surface area contributed by atoms with E-state index >= 15 is 0 Å². The number of urea groups is 1. The Morgan fingerprint density at radius 3 is 2.12 bits per heavy atom. The number of amides is 2. The van der Waals surface area contributed by atoms with E-state index in [0.717, 1.165) is 0 Å². The maximum absolute atomic E-state index is 11.7. The number of carbonyl (C=O) groups excluding carboxylic acids is 1. The van der Waals surface area contributed by atoms with Crippen molar-refractivity contribution >= 4 is 12.0 Å². The van der Waals surface area contributed by atoms with Crippen molar-refractivity contribution in [3.8, 4) is 0 Å². The SMILES string of the molecule is CCC(CC(=O)O)NC(=O)N(CCO)CCO. The Bertz CT molecular complexity index is 241. The molecule has 0 fully saturated rings. The van der Waals surface area contributed by atoms with Gasteiger partial charge in [-0.1, -0.05) is 6.92 Å². The van der Waals surface area contributed by atoms with Gasteiger partial charge in [-0.3, -0.25) is 4.79 Å². The predicted molar refractivity (Wildman–Crippen MR) is 60.6 cm³/mol. The van der Waals surface area contributed by atoms with Gasteiger partial charge in [0.2, 0.25) is 0 Å². The molecule has 17 heavy (non-hydrogen) atoms. The van der Waals surface area contributed by atoms with Gasteiger partial charge in [-0.25, -0.2) is 4.79 Å². The molecule has 0 radical (unpaired) electrons. The van der Waals surface area contributed by atoms with Crippen LogP contribution in [0.3, 0.4) is 0 Å². The molecule has 100 valence electrons. The van der Waals surface area contributed by atoms with Crippen LogP contribution in [0.4, 0.5) is 4.79 Å². The Morgan fingerprint density at radius 2 is 1.76 bits per heavy atom. The molecule has 1 atom stereocenters. The standard InChI is InChI=1S/C10H20N2O5/c1-2-8(7-9(15)16)11-10(17)12(3-5-13)4-6-14/h8,13-14H,2-7H2,1H3,(H,11,17)(H,15,16). The van der Waals surface area contributed by atoms with Gasteiger partial charge < -0.3 is 25.5 Å². The third-order valence-electron chi connectivity index (χ3n) is 2.27. The van der Waals surface area contributed by atoms with E-state index in [1.54, 1.807) is 6.92 Å². The minimum Gasteiger partial charge on any atom is -0.481 e. The quantitative estimate of drug-likeness (QED) is 0.451. The number of carboxylic acid groups (broad SMARTS) is 1. The smallest absolute Gasteiger partial charge is 0.317 e. The zero-order valence-corrected chi connectivity index (χ0v) is 9.93. The topological polar surface area (TPSA) is 110 Å². The molecule has 7 heteroatoms. The number of hydrogen-bond acceptors (Lipinski definition) is 4. The summed E-state index contributed by atoms with van der Waals surface area (Å²) in [5.74, 6) is -0.979. The molecule has 0 aliphatic heterocycles. The van der Waals surface area contributed by atoms with Gasteiger partial charge in [0.1, 0.15) is 0 Å². The zero-order chi connectivity index (χ0) is 13.3. The third-order valence-corrected chi connectivity index (χ3v) is 2.27. The maximum atomic E-state index is 11.7. The molecule has 2 amide bonds. The van der Waals surface area contributed by atoms with Crippen LogP contribution in [0.2, 0.25) is 0 Å². The Kier molecular flexibility index (Phi) is 8.08. The first-order valence-corrected chi connectivity index (χ1v) is 5.54. The lowest BCUT2D eigenvalue weighted by Gasteiger charge is -2.24. The fourth-order valence-electron chi connectivity index (χ4n) is 1.33. The van der Waals surface area contributed by atoms with Crippen molar-refractivity contribution in [1.29, 1.82) is 0 Å². The van der Waals surface area contributed by atoms with E-state index in [4.69, 9.17) is 15.3 Å². The lowest BCUT2D eigenvalue weighted by atomic mass is 10.1. The van der Waals surface area contributed by atoms with Crippen molar-refractivity contribution in [3.05, 3.63) is 0 Å². The fourth-order valence-corrected chi connectivity index (χ4v) is 1.33. The van der Waals surface area contributed by atoms with Crippen molar-refractivity contribution < 1.29 is 24.9 Å². The summed E-state index contributed by atoms with van der Waals surface area (Å²) >= 11 is 0. The number of nitrogens with one attached hydrogen (secondary N) is 1. The van der Waals surface area contributed by atoms with Crippen molar-refractivity contribution in [2.45, 2.75) is 25.8 Å². The van der Waals surface area contributed by atoms with Gasteiger partial charge >= 0.3 is 12.0 Å². The molecule has 0 aromatic carbocycles. The molecule has 7 nitrogen and oxygen atoms in total. The monoisotopic (exact) mass is 248 g/mol. The summed E-state index contributed by atoms with van der Waals surface area (Å²) in [4.78, 5) is 23.4. The summed E-state index contributed by atoms with van der Waals surface area (Å²) < 4.78 is 0. The Balaban J connectivity index is 4.29. The summed E-state index contributed by atoms with van der Waals surface area (Å²) in [7, 11) is 0. The van der Waals surface area contributed by atoms with Crippen LogP contribution in [0.1, 0.15) is 19.8 Å². The maximum Gasteiger partial charge on any atom is 0.317 e. The first-order chi connectivity index (χ1) is 8.04. The molecular weight excluding hydrogens is 228 g/mol. The third kappa shape index (κ3) is 6.75. The van der Waals surface area contributed by atoms with Crippen LogP contribution in [0, 0.1) is 0 Å². The average molecular weight is 248 g/mol. The lowest BCUT2D eigenvalue weighted by molar-refractivity contribution is -0.137. The van der Waals surface area contributed by atoms with Crippen LogP contribution in [0.15, 0.2) is 0 Å². The number of aliphatic hydroxyl groups excluding tert-OH is 2. The molecule has 0 rings (SSSR count). The van der Waals surface area contributed by atoms with Crippen molar-refractivity contribution in [3.63, 3.8) is 0 Å². The van der Waals surface area contributed by atoms with Crippen molar-refractivity contribution in [2.75, 3.05) is 26.3 Å². The summed E-state index contributed by atoms with van der Waals surface area (Å²) in [5.41, 5.74) is 0. The molecule has 0 spiro atoms. The van der Waals surface area contributed by atoms with Gasteiger partial charge in [-0.15, -0.1) is 0 Å². The molecule has 0 aromatic heterocycles. The number of carboxylic acids is 1. The van der Waals surface area contributed by atoms with Crippen LogP contribution in [0.25, 0.3) is 0 Å². The highest BCUT2D eigenvalue weighted by Gasteiger charge is 2.18. The Hall–Kier alpha value is -1.34. The average Bonchev–Trinajstić information content (AvgIpc) is 2.27. The van der Waals surface area contributed by atoms with E-state index in [9.17, 15) is 9.59 Å². The minimum atomic E-state index is -0.979. The van der Waals surface area contributed by atoms with Crippen molar-refractivity contribution in [2.24, 2.45) is 0 Å². The van der Waals surface area contributed by atoms with E-state index in [2.05, 4.69) is 5.32 Å². The first-order valence-electron chi connectivity index (χ1n) is 5.54. The first kappa shape index (κ1) is 15.7. The number of aliphatic hydroxyl groups is 2. The van der Waals surface area contributed by atoms with E-state index in [1.807, 2.05) is 0 Å². The summed E-state index contributed by atoms with van der Waals surface area (Å²) in [6.45, 7) is 1.58. The van der Waals surface area contributed by atoms with E-state index in [-0.39, 0.29) is 32.7 Å². The fraction of sp³-hybridized carbons (Fsp3) is 0.800.